The summed E-state index contributed by atoms with van der Waals surface area (Å²) in [5.41, 5.74) is 1.14. The zero-order valence-corrected chi connectivity index (χ0v) is 15.5. The molecule has 4 rings (SSSR count). The molecule has 1 saturated heterocycles. The quantitative estimate of drug-likeness (QED) is 0.696. The fourth-order valence-electron chi connectivity index (χ4n) is 3.32. The van der Waals surface area contributed by atoms with E-state index in [0.29, 0.717) is 47.7 Å². The molecular weight excluding hydrogens is 388 g/mol. The van der Waals surface area contributed by atoms with Gasteiger partial charge in [-0.3, -0.25) is 9.59 Å². The molecule has 1 atom stereocenters. The first-order chi connectivity index (χ1) is 13.5. The van der Waals surface area contributed by atoms with Gasteiger partial charge in [0.15, 0.2) is 11.0 Å². The van der Waals surface area contributed by atoms with Gasteiger partial charge in [-0.2, -0.15) is 0 Å². The van der Waals surface area contributed by atoms with Crippen LogP contribution < -0.4 is 5.32 Å². The number of nitrogens with one attached hydrogen (secondary N) is 2. The zero-order chi connectivity index (χ0) is 19.7. The first kappa shape index (κ1) is 18.5. The minimum atomic E-state index is -2.70. The number of likely N-dealkylation sites (tertiary alicyclic amines) is 1. The second-order valence-electron chi connectivity index (χ2n) is 6.57. The number of thiazole rings is 1. The van der Waals surface area contributed by atoms with E-state index < -0.39 is 12.2 Å². The Kier molecular flexibility index (Phi) is 5.03. The Labute approximate surface area is 162 Å². The summed E-state index contributed by atoms with van der Waals surface area (Å²) < 4.78 is 25.6. The van der Waals surface area contributed by atoms with E-state index in [2.05, 4.69) is 20.3 Å². The van der Waals surface area contributed by atoms with E-state index in [1.807, 2.05) is 0 Å². The van der Waals surface area contributed by atoms with Crippen molar-refractivity contribution in [1.82, 2.24) is 19.9 Å². The lowest BCUT2D eigenvalue weighted by molar-refractivity contribution is -0.121. The van der Waals surface area contributed by atoms with Crippen molar-refractivity contribution in [3.63, 3.8) is 0 Å². The topological polar surface area (TPSA) is 91.0 Å². The SMILES string of the molecule is O=C(Nc1nccs1)C1CCCN(C(=O)c2ccc3nc(C(F)F)[nH]c3c2)C1. The molecule has 10 heteroatoms. The lowest BCUT2D eigenvalue weighted by atomic mass is 9.96. The maximum Gasteiger partial charge on any atom is 0.295 e. The van der Waals surface area contributed by atoms with Gasteiger partial charge in [0.2, 0.25) is 5.91 Å². The molecule has 28 heavy (non-hydrogen) atoms. The van der Waals surface area contributed by atoms with E-state index in [4.69, 9.17) is 0 Å². The average molecular weight is 405 g/mol. The highest BCUT2D eigenvalue weighted by atomic mass is 32.1. The van der Waals surface area contributed by atoms with Crippen molar-refractivity contribution in [1.29, 1.82) is 0 Å². The van der Waals surface area contributed by atoms with Crippen LogP contribution in [0, 0.1) is 5.92 Å². The zero-order valence-electron chi connectivity index (χ0n) is 14.7. The Morgan fingerprint density at radius 1 is 1.36 bits per heavy atom. The second-order valence-corrected chi connectivity index (χ2v) is 7.47. The highest BCUT2D eigenvalue weighted by molar-refractivity contribution is 7.13. The first-order valence-electron chi connectivity index (χ1n) is 8.78. The van der Waals surface area contributed by atoms with Gasteiger partial charge >= 0.3 is 0 Å². The summed E-state index contributed by atoms with van der Waals surface area (Å²) in [6.45, 7) is 0.850. The first-order valence-corrected chi connectivity index (χ1v) is 9.66. The number of nitrogens with zero attached hydrogens (tertiary/aromatic N) is 3. The van der Waals surface area contributed by atoms with Gasteiger partial charge in [0.1, 0.15) is 0 Å². The van der Waals surface area contributed by atoms with E-state index >= 15 is 0 Å². The number of benzene rings is 1. The number of hydrogen-bond donors (Lipinski definition) is 2. The largest absolute Gasteiger partial charge is 0.338 e. The van der Waals surface area contributed by atoms with Crippen molar-refractivity contribution >= 4 is 39.3 Å². The normalized spacial score (nSPS) is 17.2. The summed E-state index contributed by atoms with van der Waals surface area (Å²) in [6, 6.07) is 4.64. The summed E-state index contributed by atoms with van der Waals surface area (Å²) >= 11 is 1.34. The Bertz CT molecular complexity index is 1000. The number of alkyl halides is 2. The minimum absolute atomic E-state index is 0.155. The van der Waals surface area contributed by atoms with Gasteiger partial charge in [0.05, 0.1) is 17.0 Å². The van der Waals surface area contributed by atoms with Gasteiger partial charge in [-0.15, -0.1) is 11.3 Å². The number of anilines is 1. The molecule has 0 spiro atoms. The third-order valence-corrected chi connectivity index (χ3v) is 5.38. The van der Waals surface area contributed by atoms with Crippen LogP contribution in [-0.2, 0) is 4.79 Å². The average Bonchev–Trinajstić information content (AvgIpc) is 3.36. The number of carbonyl (C=O) groups is 2. The van der Waals surface area contributed by atoms with E-state index in [-0.39, 0.29) is 17.7 Å². The van der Waals surface area contributed by atoms with Gasteiger partial charge in [0, 0.05) is 30.2 Å². The standard InChI is InChI=1S/C18H17F2N5O2S/c19-14(20)15-22-12-4-3-10(8-13(12)23-15)17(27)25-6-1-2-11(9-25)16(26)24-18-21-5-7-28-18/h3-5,7-8,11,14H,1-2,6,9H2,(H,22,23)(H,21,24,26). The van der Waals surface area contributed by atoms with Crippen molar-refractivity contribution in [2.75, 3.05) is 18.4 Å². The van der Waals surface area contributed by atoms with Crippen molar-refractivity contribution < 1.29 is 18.4 Å². The van der Waals surface area contributed by atoms with Crippen LogP contribution in [0.25, 0.3) is 11.0 Å². The molecule has 3 heterocycles. The molecule has 3 aromatic rings. The fraction of sp³-hybridized carbons (Fsp3) is 0.333. The van der Waals surface area contributed by atoms with Crippen molar-refractivity contribution in [3.05, 3.63) is 41.2 Å². The number of halogens is 2. The monoisotopic (exact) mass is 405 g/mol. The van der Waals surface area contributed by atoms with Crippen LogP contribution in [0.3, 0.4) is 0 Å². The minimum Gasteiger partial charge on any atom is -0.338 e. The van der Waals surface area contributed by atoms with Crippen LogP contribution in [0.5, 0.6) is 0 Å². The molecule has 1 aliphatic heterocycles. The number of amides is 2. The van der Waals surface area contributed by atoms with Gasteiger partial charge < -0.3 is 15.2 Å². The number of fused-ring (bicyclic) bond motifs is 1. The Morgan fingerprint density at radius 3 is 2.96 bits per heavy atom. The number of imidazole rings is 1. The number of rotatable bonds is 4. The maximum atomic E-state index is 12.9. The Balaban J connectivity index is 1.47. The molecule has 146 valence electrons. The molecule has 7 nitrogen and oxygen atoms in total. The number of carbonyl (C=O) groups excluding carboxylic acids is 2. The summed E-state index contributed by atoms with van der Waals surface area (Å²) in [7, 11) is 0. The van der Waals surface area contributed by atoms with Crippen molar-refractivity contribution in [2.45, 2.75) is 19.3 Å². The highest BCUT2D eigenvalue weighted by Crippen LogP contribution is 2.24. The molecule has 0 radical (unpaired) electrons. The summed E-state index contributed by atoms with van der Waals surface area (Å²) in [4.78, 5) is 37.3. The number of hydrogen-bond acceptors (Lipinski definition) is 5. The number of H-pyrrole nitrogens is 1. The van der Waals surface area contributed by atoms with Gasteiger partial charge in [-0.05, 0) is 31.0 Å². The molecule has 2 N–H and O–H groups in total. The van der Waals surface area contributed by atoms with Crippen LogP contribution in [0.4, 0.5) is 13.9 Å². The van der Waals surface area contributed by atoms with Crippen molar-refractivity contribution in [2.24, 2.45) is 5.92 Å². The predicted molar refractivity (Wildman–Crippen MR) is 100 cm³/mol. The molecule has 2 aromatic heterocycles. The smallest absolute Gasteiger partial charge is 0.295 e. The molecule has 2 amide bonds. The summed E-state index contributed by atoms with van der Waals surface area (Å²) in [6.07, 6.45) is 0.315. The number of aromatic amines is 1. The Hall–Kier alpha value is -2.88. The van der Waals surface area contributed by atoms with Crippen LogP contribution >= 0.6 is 11.3 Å². The van der Waals surface area contributed by atoms with Crippen molar-refractivity contribution in [3.8, 4) is 0 Å². The Morgan fingerprint density at radius 2 is 2.21 bits per heavy atom. The second kappa shape index (κ2) is 7.63. The third kappa shape index (κ3) is 3.72. The van der Waals surface area contributed by atoms with E-state index in [9.17, 15) is 18.4 Å². The molecule has 0 bridgehead atoms. The molecule has 1 aliphatic rings. The summed E-state index contributed by atoms with van der Waals surface area (Å²) in [5, 5.41) is 5.08. The van der Waals surface area contributed by atoms with Gasteiger partial charge in [0.25, 0.3) is 12.3 Å². The van der Waals surface area contributed by atoms with Crippen LogP contribution in [-0.4, -0.2) is 44.8 Å². The van der Waals surface area contributed by atoms with Gasteiger partial charge in [-0.1, -0.05) is 0 Å². The number of aromatic nitrogens is 3. The van der Waals surface area contributed by atoms with Gasteiger partial charge in [-0.25, -0.2) is 18.7 Å². The third-order valence-electron chi connectivity index (χ3n) is 4.70. The predicted octanol–water partition coefficient (Wildman–Crippen LogP) is 3.45. The maximum absolute atomic E-state index is 12.9. The molecule has 1 fully saturated rings. The van der Waals surface area contributed by atoms with E-state index in [1.54, 1.807) is 28.6 Å². The lowest BCUT2D eigenvalue weighted by Crippen LogP contribution is -2.43. The molecule has 1 unspecified atom stereocenters. The molecule has 0 saturated carbocycles. The number of piperidine rings is 1. The van der Waals surface area contributed by atoms with E-state index in [1.165, 1.54) is 17.4 Å². The highest BCUT2D eigenvalue weighted by Gasteiger charge is 2.29. The molecular formula is C18H17F2N5O2S. The molecule has 0 aliphatic carbocycles. The lowest BCUT2D eigenvalue weighted by Gasteiger charge is -2.32. The summed E-state index contributed by atoms with van der Waals surface area (Å²) in [5.74, 6) is -1.13. The fourth-order valence-corrected chi connectivity index (χ4v) is 3.85. The molecule has 1 aromatic carbocycles. The van der Waals surface area contributed by atoms with Crippen LogP contribution in [0.15, 0.2) is 29.8 Å². The van der Waals surface area contributed by atoms with Crippen LogP contribution in [0.1, 0.15) is 35.4 Å². The van der Waals surface area contributed by atoms with E-state index in [0.717, 1.165) is 0 Å². The van der Waals surface area contributed by atoms with Crippen LogP contribution in [0.2, 0.25) is 0 Å².